The van der Waals surface area contributed by atoms with Crippen LogP contribution in [0.5, 0.6) is 5.75 Å². The Morgan fingerprint density at radius 3 is 2.36 bits per heavy atom. The molecule has 160 valence electrons. The minimum absolute atomic E-state index is 0.0540. The van der Waals surface area contributed by atoms with E-state index in [2.05, 4.69) is 9.97 Å². The first kappa shape index (κ1) is 20.3. The van der Waals surface area contributed by atoms with Crippen LogP contribution >= 0.6 is 0 Å². The second-order valence-corrected chi connectivity index (χ2v) is 7.50. The number of pyridine rings is 2. The smallest absolute Gasteiger partial charge is 0.277 e. The average molecular weight is 433 g/mol. The average Bonchev–Trinajstić information content (AvgIpc) is 2.87. The third-order valence-corrected chi connectivity index (χ3v) is 5.42. The van der Waals surface area contributed by atoms with E-state index in [1.807, 2.05) is 78.9 Å². The maximum Gasteiger partial charge on any atom is 0.277 e. The highest BCUT2D eigenvalue weighted by Gasteiger charge is 2.20. The van der Waals surface area contributed by atoms with Crippen molar-refractivity contribution in [2.45, 2.75) is 6.61 Å². The van der Waals surface area contributed by atoms with Crippen molar-refractivity contribution in [2.24, 2.45) is 0 Å². The molecule has 0 spiro atoms. The number of rotatable bonds is 6. The molecule has 0 atom stereocenters. The number of nitro groups is 1. The molecule has 0 radical (unpaired) electrons. The first-order valence-corrected chi connectivity index (χ1v) is 10.4. The fraction of sp³-hybridized carbons (Fsp3) is 0.0370. The molecule has 0 aliphatic rings. The largest absolute Gasteiger partial charge is 0.487 e. The molecule has 2 heterocycles. The number of hydrogen-bond donors (Lipinski definition) is 0. The van der Waals surface area contributed by atoms with E-state index in [4.69, 9.17) is 4.74 Å². The Kier molecular flexibility index (Phi) is 5.47. The zero-order valence-corrected chi connectivity index (χ0v) is 17.6. The number of aromatic nitrogens is 2. The van der Waals surface area contributed by atoms with Crippen molar-refractivity contribution in [2.75, 3.05) is 0 Å². The lowest BCUT2D eigenvalue weighted by atomic mass is 9.93. The van der Waals surface area contributed by atoms with E-state index in [0.717, 1.165) is 33.3 Å². The van der Waals surface area contributed by atoms with Gasteiger partial charge in [-0.15, -0.1) is 0 Å². The molecule has 3 aromatic carbocycles. The summed E-state index contributed by atoms with van der Waals surface area (Å²) in [5.74, 6) is 0.665. The van der Waals surface area contributed by atoms with Crippen LogP contribution in [0.3, 0.4) is 0 Å². The number of para-hydroxylation sites is 1. The lowest BCUT2D eigenvalue weighted by molar-refractivity contribution is -0.384. The Morgan fingerprint density at radius 1 is 0.788 bits per heavy atom. The molecule has 5 rings (SSSR count). The summed E-state index contributed by atoms with van der Waals surface area (Å²) in [6.45, 7) is 0.331. The SMILES string of the molecule is O=[N+]([O-])c1cccc(-c2ccncc2)c1-c1ccc(OCc2ccc3ccccc3n2)cc1. The standard InChI is InChI=1S/C27H19N3O3/c31-30(32)26-7-3-5-24(19-14-16-28-17-15-19)27(26)21-9-12-23(13-10-21)33-18-22-11-8-20-4-1-2-6-25(20)29-22/h1-17H,18H2. The zero-order valence-electron chi connectivity index (χ0n) is 17.6. The van der Waals surface area contributed by atoms with E-state index in [1.54, 1.807) is 18.5 Å². The first-order valence-electron chi connectivity index (χ1n) is 10.4. The van der Waals surface area contributed by atoms with E-state index < -0.39 is 0 Å². The summed E-state index contributed by atoms with van der Waals surface area (Å²) in [7, 11) is 0. The first-order chi connectivity index (χ1) is 16.2. The Morgan fingerprint density at radius 2 is 1.58 bits per heavy atom. The predicted molar refractivity (Wildman–Crippen MR) is 128 cm³/mol. The van der Waals surface area contributed by atoms with Gasteiger partial charge in [0.2, 0.25) is 0 Å². The second kappa shape index (κ2) is 8.88. The molecule has 0 fully saturated rings. The van der Waals surface area contributed by atoms with Gasteiger partial charge in [-0.2, -0.15) is 0 Å². The predicted octanol–water partition coefficient (Wildman–Crippen LogP) is 6.45. The minimum atomic E-state index is -0.351. The second-order valence-electron chi connectivity index (χ2n) is 7.50. The molecule has 0 saturated heterocycles. The van der Waals surface area contributed by atoms with Gasteiger partial charge in [-0.1, -0.05) is 48.5 Å². The maximum atomic E-state index is 11.8. The number of fused-ring (bicyclic) bond motifs is 1. The number of nitrogens with zero attached hydrogens (tertiary/aromatic N) is 3. The molecule has 0 aliphatic heterocycles. The van der Waals surface area contributed by atoms with Gasteiger partial charge in [-0.3, -0.25) is 15.1 Å². The molecule has 5 aromatic rings. The van der Waals surface area contributed by atoms with Crippen molar-refractivity contribution in [3.05, 3.63) is 119 Å². The summed E-state index contributed by atoms with van der Waals surface area (Å²) in [4.78, 5) is 20.1. The number of hydrogen-bond acceptors (Lipinski definition) is 5. The van der Waals surface area contributed by atoms with Crippen LogP contribution in [-0.2, 0) is 6.61 Å². The van der Waals surface area contributed by atoms with E-state index in [0.29, 0.717) is 17.9 Å². The molecule has 0 saturated carbocycles. The molecule has 0 bridgehead atoms. The molecular formula is C27H19N3O3. The number of ether oxygens (including phenoxy) is 1. The van der Waals surface area contributed by atoms with Crippen molar-refractivity contribution >= 4 is 16.6 Å². The molecule has 6 nitrogen and oxygen atoms in total. The van der Waals surface area contributed by atoms with Gasteiger partial charge in [0, 0.05) is 23.8 Å². The van der Waals surface area contributed by atoms with Gasteiger partial charge in [0.05, 0.1) is 21.7 Å². The fourth-order valence-electron chi connectivity index (χ4n) is 3.83. The fourth-order valence-corrected chi connectivity index (χ4v) is 3.83. The van der Waals surface area contributed by atoms with E-state index in [1.165, 1.54) is 6.07 Å². The summed E-state index contributed by atoms with van der Waals surface area (Å²) >= 11 is 0. The molecule has 0 unspecified atom stereocenters. The third-order valence-electron chi connectivity index (χ3n) is 5.42. The van der Waals surface area contributed by atoms with Crippen LogP contribution in [0.1, 0.15) is 5.69 Å². The van der Waals surface area contributed by atoms with Crippen LogP contribution in [0.4, 0.5) is 5.69 Å². The summed E-state index contributed by atoms with van der Waals surface area (Å²) < 4.78 is 5.92. The number of nitro benzene ring substituents is 1. The highest BCUT2D eigenvalue weighted by atomic mass is 16.6. The van der Waals surface area contributed by atoms with Crippen LogP contribution in [0.2, 0.25) is 0 Å². The normalized spacial score (nSPS) is 10.8. The van der Waals surface area contributed by atoms with Gasteiger partial charge in [0.15, 0.2) is 0 Å². The highest BCUT2D eigenvalue weighted by molar-refractivity contribution is 5.89. The molecule has 33 heavy (non-hydrogen) atoms. The van der Waals surface area contributed by atoms with Crippen LogP contribution < -0.4 is 4.74 Å². The molecular weight excluding hydrogens is 414 g/mol. The maximum absolute atomic E-state index is 11.8. The van der Waals surface area contributed by atoms with Gasteiger partial charge >= 0.3 is 0 Å². The Balaban J connectivity index is 1.43. The van der Waals surface area contributed by atoms with Crippen molar-refractivity contribution in [1.29, 1.82) is 0 Å². The van der Waals surface area contributed by atoms with Crippen molar-refractivity contribution in [3.63, 3.8) is 0 Å². The molecule has 2 aromatic heterocycles. The lowest BCUT2D eigenvalue weighted by Gasteiger charge is -2.12. The quantitative estimate of drug-likeness (QED) is 0.227. The molecule has 0 aliphatic carbocycles. The topological polar surface area (TPSA) is 78.2 Å². The molecule has 0 N–H and O–H groups in total. The Hall–Kier alpha value is -4.58. The highest BCUT2D eigenvalue weighted by Crippen LogP contribution is 2.39. The summed E-state index contributed by atoms with van der Waals surface area (Å²) in [5, 5.41) is 12.8. The minimum Gasteiger partial charge on any atom is -0.487 e. The van der Waals surface area contributed by atoms with Crippen molar-refractivity contribution < 1.29 is 9.66 Å². The van der Waals surface area contributed by atoms with Crippen LogP contribution in [0.15, 0.2) is 103 Å². The van der Waals surface area contributed by atoms with Crippen molar-refractivity contribution in [3.8, 4) is 28.0 Å². The van der Waals surface area contributed by atoms with E-state index >= 15 is 0 Å². The van der Waals surface area contributed by atoms with Crippen LogP contribution in [-0.4, -0.2) is 14.9 Å². The lowest BCUT2D eigenvalue weighted by Crippen LogP contribution is -1.99. The van der Waals surface area contributed by atoms with Gasteiger partial charge in [-0.05, 0) is 53.1 Å². The Labute approximate surface area is 190 Å². The van der Waals surface area contributed by atoms with Gasteiger partial charge in [0.1, 0.15) is 12.4 Å². The van der Waals surface area contributed by atoms with Crippen LogP contribution in [0.25, 0.3) is 33.2 Å². The van der Waals surface area contributed by atoms with Gasteiger partial charge < -0.3 is 4.74 Å². The Bertz CT molecular complexity index is 1430. The molecule has 6 heteroatoms. The van der Waals surface area contributed by atoms with E-state index in [-0.39, 0.29) is 10.6 Å². The summed E-state index contributed by atoms with van der Waals surface area (Å²) in [6, 6.07) is 28.0. The van der Waals surface area contributed by atoms with Crippen LogP contribution in [0, 0.1) is 10.1 Å². The third kappa shape index (κ3) is 4.27. The van der Waals surface area contributed by atoms with Gasteiger partial charge in [-0.25, -0.2) is 4.98 Å². The zero-order chi connectivity index (χ0) is 22.6. The van der Waals surface area contributed by atoms with Crippen molar-refractivity contribution in [1.82, 2.24) is 9.97 Å². The monoisotopic (exact) mass is 433 g/mol. The molecule has 0 amide bonds. The van der Waals surface area contributed by atoms with Gasteiger partial charge in [0.25, 0.3) is 5.69 Å². The summed E-state index contributed by atoms with van der Waals surface area (Å²) in [6.07, 6.45) is 3.35. The summed E-state index contributed by atoms with van der Waals surface area (Å²) in [5.41, 5.74) is 4.76. The number of benzene rings is 3. The van der Waals surface area contributed by atoms with E-state index in [9.17, 15) is 10.1 Å².